The van der Waals surface area contributed by atoms with E-state index in [1.165, 1.54) is 0 Å². The second kappa shape index (κ2) is 8.77. The van der Waals surface area contributed by atoms with Gasteiger partial charge in [0.1, 0.15) is 12.7 Å². The second-order valence-corrected chi connectivity index (χ2v) is 13.4. The van der Waals surface area contributed by atoms with Gasteiger partial charge in [0.25, 0.3) is 0 Å². The number of aliphatic hydroxyl groups is 3. The maximum Gasteiger partial charge on any atom is 0.331 e. The van der Waals surface area contributed by atoms with E-state index >= 15 is 0 Å². The summed E-state index contributed by atoms with van der Waals surface area (Å²) in [5.74, 6) is 1.37. The molecule has 1 saturated heterocycles. The minimum absolute atomic E-state index is 0.110. The fourth-order valence-electron chi connectivity index (χ4n) is 9.82. The van der Waals surface area contributed by atoms with Crippen LogP contribution < -0.4 is 0 Å². The fourth-order valence-corrected chi connectivity index (χ4v) is 9.82. The minimum atomic E-state index is -0.856. The molecule has 6 aliphatic rings. The third-order valence-electron chi connectivity index (χ3n) is 12.0. The van der Waals surface area contributed by atoms with Crippen LogP contribution in [-0.4, -0.2) is 64.2 Å². The van der Waals surface area contributed by atoms with Gasteiger partial charge >= 0.3 is 5.97 Å². The number of fused-ring (bicyclic) bond motifs is 5. The third kappa shape index (κ3) is 3.67. The second-order valence-electron chi connectivity index (χ2n) is 13.4. The average Bonchev–Trinajstić information content (AvgIpc) is 3.37. The van der Waals surface area contributed by atoms with Crippen LogP contribution in [-0.2, 0) is 19.0 Å². The van der Waals surface area contributed by atoms with Gasteiger partial charge in [-0.1, -0.05) is 13.8 Å². The fraction of sp³-hybridized carbons (Fsp3) is 0.897. The number of aliphatic hydroxyl groups excluding tert-OH is 2. The van der Waals surface area contributed by atoms with Crippen molar-refractivity contribution in [3.8, 4) is 0 Å². The van der Waals surface area contributed by atoms with Crippen LogP contribution in [0.5, 0.6) is 0 Å². The van der Waals surface area contributed by atoms with Crippen LogP contribution in [0.1, 0.15) is 85.0 Å². The van der Waals surface area contributed by atoms with Gasteiger partial charge in [0.05, 0.1) is 23.9 Å². The van der Waals surface area contributed by atoms with Crippen LogP contribution in [0.4, 0.5) is 0 Å². The predicted octanol–water partition coefficient (Wildman–Crippen LogP) is 3.49. The Balaban J connectivity index is 1.15. The van der Waals surface area contributed by atoms with E-state index in [1.807, 2.05) is 0 Å². The Labute approximate surface area is 214 Å². The zero-order chi connectivity index (χ0) is 25.5. The van der Waals surface area contributed by atoms with Crippen LogP contribution >= 0.6 is 0 Å². The van der Waals surface area contributed by atoms with E-state index < -0.39 is 30.2 Å². The van der Waals surface area contributed by atoms with Crippen molar-refractivity contribution in [3.63, 3.8) is 0 Å². The molecule has 202 valence electrons. The number of esters is 1. The molecular formula is C29H44O7. The third-order valence-corrected chi connectivity index (χ3v) is 12.0. The monoisotopic (exact) mass is 504 g/mol. The molecule has 36 heavy (non-hydrogen) atoms. The molecule has 0 aromatic heterocycles. The molecule has 7 nitrogen and oxygen atoms in total. The number of hydrogen-bond acceptors (Lipinski definition) is 7. The summed E-state index contributed by atoms with van der Waals surface area (Å²) in [4.78, 5) is 11.8. The molecule has 4 aliphatic carbocycles. The van der Waals surface area contributed by atoms with Crippen molar-refractivity contribution in [1.29, 1.82) is 0 Å². The highest BCUT2D eigenvalue weighted by atomic mass is 16.7. The van der Waals surface area contributed by atoms with Crippen LogP contribution in [0.3, 0.4) is 0 Å². The predicted molar refractivity (Wildman–Crippen MR) is 132 cm³/mol. The SMILES string of the molecule is C[C@H]1O[C@H](O[C@H]2CC[C@@]3(C)[C@H](CC[C@@H]4[C@@H]3CC[C@]3(C)[C@@H](C5=CC(=O)OC5)CC[C@]43O)C2)C[C@H](O)[C@@H]1O. The first-order chi connectivity index (χ1) is 17.0. The van der Waals surface area contributed by atoms with Crippen LogP contribution in [0.15, 0.2) is 11.6 Å². The van der Waals surface area contributed by atoms with Gasteiger partial charge in [-0.2, -0.15) is 0 Å². The van der Waals surface area contributed by atoms with E-state index in [2.05, 4.69) is 13.8 Å². The summed E-state index contributed by atoms with van der Waals surface area (Å²) in [5.41, 5.74) is 0.404. The Bertz CT molecular complexity index is 907. The molecule has 2 heterocycles. The van der Waals surface area contributed by atoms with Gasteiger partial charge in [0, 0.05) is 17.9 Å². The summed E-state index contributed by atoms with van der Waals surface area (Å²) < 4.78 is 17.4. The van der Waals surface area contributed by atoms with Gasteiger partial charge in [0.15, 0.2) is 6.29 Å². The molecule has 0 radical (unpaired) electrons. The average molecular weight is 505 g/mol. The van der Waals surface area contributed by atoms with Crippen molar-refractivity contribution < 1.29 is 34.3 Å². The molecular weight excluding hydrogens is 460 g/mol. The molecule has 4 saturated carbocycles. The summed E-state index contributed by atoms with van der Waals surface area (Å²) in [6.07, 6.45) is 8.64. The van der Waals surface area contributed by atoms with Gasteiger partial charge in [-0.3, -0.25) is 0 Å². The standard InChI is InChI=1S/C29H44O7/c1-16-26(32)23(30)14-25(35-16)36-19-6-9-27(2)18(13-19)4-5-22-21(27)7-10-28(3)20(8-11-29(22,28)33)17-12-24(31)34-15-17/h12,16,18-23,25-26,30,32-33H,4-11,13-15H2,1-3H3/t16-,18-,19+,20-,21+,22-,23+,25-,26-,27+,28-,29+/m1/s1. The van der Waals surface area contributed by atoms with Crippen molar-refractivity contribution in [2.45, 2.75) is 121 Å². The van der Waals surface area contributed by atoms with Gasteiger partial charge in [-0.25, -0.2) is 4.79 Å². The highest BCUT2D eigenvalue weighted by Crippen LogP contribution is 2.70. The lowest BCUT2D eigenvalue weighted by Crippen LogP contribution is -2.62. The molecule has 2 aliphatic heterocycles. The quantitative estimate of drug-likeness (QED) is 0.399. The zero-order valence-corrected chi connectivity index (χ0v) is 22.0. The summed E-state index contributed by atoms with van der Waals surface area (Å²) in [6, 6.07) is 0. The van der Waals surface area contributed by atoms with E-state index in [0.717, 1.165) is 63.4 Å². The zero-order valence-electron chi connectivity index (χ0n) is 22.0. The number of carbonyl (C=O) groups excluding carboxylic acids is 1. The lowest BCUT2D eigenvalue weighted by Gasteiger charge is -2.63. The summed E-state index contributed by atoms with van der Waals surface area (Å²) in [7, 11) is 0. The highest BCUT2D eigenvalue weighted by molar-refractivity contribution is 5.85. The smallest absolute Gasteiger partial charge is 0.331 e. The van der Waals surface area contributed by atoms with Crippen molar-refractivity contribution in [3.05, 3.63) is 11.6 Å². The number of hydrogen-bond donors (Lipinski definition) is 3. The van der Waals surface area contributed by atoms with Crippen LogP contribution in [0.2, 0.25) is 0 Å². The normalized spacial score (nSPS) is 54.8. The topological polar surface area (TPSA) is 105 Å². The molecule has 12 atom stereocenters. The van der Waals surface area contributed by atoms with E-state index in [9.17, 15) is 20.1 Å². The Morgan fingerprint density at radius 2 is 1.81 bits per heavy atom. The van der Waals surface area contributed by atoms with E-state index in [1.54, 1.807) is 13.0 Å². The van der Waals surface area contributed by atoms with Crippen molar-refractivity contribution in [2.24, 2.45) is 34.5 Å². The number of ether oxygens (including phenoxy) is 3. The highest BCUT2D eigenvalue weighted by Gasteiger charge is 2.67. The Morgan fingerprint density at radius 1 is 1.00 bits per heavy atom. The van der Waals surface area contributed by atoms with Gasteiger partial charge in [-0.15, -0.1) is 0 Å². The molecule has 7 heteroatoms. The lowest BCUT2D eigenvalue weighted by atomic mass is 9.43. The summed E-state index contributed by atoms with van der Waals surface area (Å²) >= 11 is 0. The summed E-state index contributed by atoms with van der Waals surface area (Å²) in [6.45, 7) is 6.92. The first kappa shape index (κ1) is 25.3. The molecule has 0 aromatic carbocycles. The molecule has 0 amide bonds. The minimum Gasteiger partial charge on any atom is -0.458 e. The van der Waals surface area contributed by atoms with Crippen LogP contribution in [0.25, 0.3) is 0 Å². The largest absolute Gasteiger partial charge is 0.458 e. The lowest BCUT2D eigenvalue weighted by molar-refractivity contribution is -0.270. The van der Waals surface area contributed by atoms with Gasteiger partial charge in [0.2, 0.25) is 0 Å². The maximum atomic E-state index is 12.4. The Hall–Kier alpha value is -0.990. The number of rotatable bonds is 3. The van der Waals surface area contributed by atoms with E-state index in [-0.39, 0.29) is 28.8 Å². The summed E-state index contributed by atoms with van der Waals surface area (Å²) in [5, 5.41) is 32.5. The van der Waals surface area contributed by atoms with Crippen molar-refractivity contribution in [1.82, 2.24) is 0 Å². The van der Waals surface area contributed by atoms with Gasteiger partial charge < -0.3 is 29.5 Å². The van der Waals surface area contributed by atoms with Crippen molar-refractivity contribution in [2.75, 3.05) is 6.61 Å². The first-order valence-electron chi connectivity index (χ1n) is 14.3. The first-order valence-corrected chi connectivity index (χ1v) is 14.3. The molecule has 0 unspecified atom stereocenters. The molecule has 0 bridgehead atoms. The number of carbonyl (C=O) groups is 1. The van der Waals surface area contributed by atoms with Gasteiger partial charge in [-0.05, 0) is 99.4 Å². The van der Waals surface area contributed by atoms with E-state index in [4.69, 9.17) is 14.2 Å². The molecule has 0 spiro atoms. The Morgan fingerprint density at radius 3 is 2.53 bits per heavy atom. The van der Waals surface area contributed by atoms with Crippen molar-refractivity contribution >= 4 is 5.97 Å². The molecule has 6 rings (SSSR count). The molecule has 0 aromatic rings. The molecule has 3 N–H and O–H groups in total. The van der Waals surface area contributed by atoms with E-state index in [0.29, 0.717) is 30.8 Å². The maximum absolute atomic E-state index is 12.4. The number of cyclic esters (lactones) is 1. The molecule has 5 fully saturated rings. The van der Waals surface area contributed by atoms with Crippen LogP contribution in [0, 0.1) is 34.5 Å². The Kier molecular flexibility index (Phi) is 6.16.